The van der Waals surface area contributed by atoms with E-state index >= 15 is 0 Å². The highest BCUT2D eigenvalue weighted by atomic mass is 16.5. The molecule has 1 aliphatic carbocycles. The van der Waals surface area contributed by atoms with Crippen LogP contribution in [0.4, 0.5) is 23.0 Å². The second-order valence-electron chi connectivity index (χ2n) is 6.82. The normalized spacial score (nSPS) is 16.4. The summed E-state index contributed by atoms with van der Waals surface area (Å²) in [5.74, 6) is 1.80. The number of hydrogen-bond donors (Lipinski definition) is 2. The molecule has 5 rings (SSSR count). The van der Waals surface area contributed by atoms with Gasteiger partial charge in [0, 0.05) is 42.6 Å². The van der Waals surface area contributed by atoms with Gasteiger partial charge in [-0.25, -0.2) is 4.98 Å². The molecule has 0 amide bonds. The van der Waals surface area contributed by atoms with Gasteiger partial charge in [0.15, 0.2) is 5.65 Å². The van der Waals surface area contributed by atoms with E-state index in [9.17, 15) is 0 Å². The van der Waals surface area contributed by atoms with Crippen LogP contribution in [0.5, 0.6) is 0 Å². The summed E-state index contributed by atoms with van der Waals surface area (Å²) in [6.45, 7) is 7.49. The average Bonchev–Trinajstić information content (AvgIpc) is 3.44. The molecule has 0 spiro atoms. The van der Waals surface area contributed by atoms with Gasteiger partial charge in [0.2, 0.25) is 0 Å². The van der Waals surface area contributed by atoms with Gasteiger partial charge in [-0.2, -0.15) is 9.61 Å². The van der Waals surface area contributed by atoms with Crippen molar-refractivity contribution < 1.29 is 4.74 Å². The second-order valence-corrected chi connectivity index (χ2v) is 6.82. The van der Waals surface area contributed by atoms with Gasteiger partial charge in [0.05, 0.1) is 19.4 Å². The van der Waals surface area contributed by atoms with Gasteiger partial charge in [0.1, 0.15) is 11.6 Å². The first-order chi connectivity index (χ1) is 13.8. The van der Waals surface area contributed by atoms with Crippen LogP contribution < -0.4 is 15.5 Å². The van der Waals surface area contributed by atoms with Gasteiger partial charge >= 0.3 is 0 Å². The van der Waals surface area contributed by atoms with Crippen molar-refractivity contribution in [3.05, 3.63) is 42.6 Å². The summed E-state index contributed by atoms with van der Waals surface area (Å²) in [5.41, 5.74) is 3.09. The molecule has 7 nitrogen and oxygen atoms in total. The number of aromatic nitrogens is 3. The van der Waals surface area contributed by atoms with Gasteiger partial charge in [0.25, 0.3) is 0 Å². The third-order valence-corrected chi connectivity index (χ3v) is 4.80. The predicted molar refractivity (Wildman–Crippen MR) is 114 cm³/mol. The lowest BCUT2D eigenvalue weighted by atomic mass is 10.2. The molecule has 3 heterocycles. The molecule has 7 heteroatoms. The first kappa shape index (κ1) is 18.6. The van der Waals surface area contributed by atoms with E-state index in [0.29, 0.717) is 6.04 Å². The van der Waals surface area contributed by atoms with Gasteiger partial charge in [-0.3, -0.25) is 0 Å². The molecule has 2 fully saturated rings. The largest absolute Gasteiger partial charge is 0.378 e. The Morgan fingerprint density at radius 2 is 1.79 bits per heavy atom. The fraction of sp³-hybridized carbons (Fsp3) is 0.429. The monoisotopic (exact) mass is 380 g/mol. The molecule has 2 aromatic heterocycles. The fourth-order valence-electron chi connectivity index (χ4n) is 3.24. The Hall–Kier alpha value is -2.80. The number of morpholine rings is 1. The Balaban J connectivity index is 0.000000932. The summed E-state index contributed by atoms with van der Waals surface area (Å²) >= 11 is 0. The summed E-state index contributed by atoms with van der Waals surface area (Å²) in [6, 6.07) is 13.0. The van der Waals surface area contributed by atoms with E-state index in [-0.39, 0.29) is 0 Å². The van der Waals surface area contributed by atoms with Crippen LogP contribution in [-0.4, -0.2) is 46.9 Å². The molecule has 1 saturated carbocycles. The number of fused-ring (bicyclic) bond motifs is 1. The van der Waals surface area contributed by atoms with E-state index < -0.39 is 0 Å². The van der Waals surface area contributed by atoms with Crippen LogP contribution in [0.25, 0.3) is 5.65 Å². The van der Waals surface area contributed by atoms with Gasteiger partial charge in [-0.05, 0) is 37.1 Å². The summed E-state index contributed by atoms with van der Waals surface area (Å²) in [6.07, 6.45) is 4.22. The molecule has 0 radical (unpaired) electrons. The molecule has 0 atom stereocenters. The molecule has 2 aliphatic rings. The lowest BCUT2D eigenvalue weighted by molar-refractivity contribution is 0.122. The third kappa shape index (κ3) is 4.20. The molecule has 1 aliphatic heterocycles. The standard InChI is InChI=1S/C19H22N6O.C2H6/c1-2-15(1)22-19-13-17(23-18-7-8-20-25(18)19)21-14-3-5-16(6-4-14)24-9-11-26-12-10-24;1-2/h3-8,13,15,22H,1-2,9-12H2,(H,21,23);1-2H3. The van der Waals surface area contributed by atoms with Crippen LogP contribution in [0.3, 0.4) is 0 Å². The molecule has 3 aromatic rings. The van der Waals surface area contributed by atoms with E-state index in [0.717, 1.165) is 49.3 Å². The van der Waals surface area contributed by atoms with E-state index in [1.807, 2.05) is 30.5 Å². The smallest absolute Gasteiger partial charge is 0.159 e. The quantitative estimate of drug-likeness (QED) is 0.700. The van der Waals surface area contributed by atoms with E-state index in [1.165, 1.54) is 18.5 Å². The van der Waals surface area contributed by atoms with Gasteiger partial charge < -0.3 is 20.3 Å². The second kappa shape index (κ2) is 8.48. The Morgan fingerprint density at radius 3 is 2.50 bits per heavy atom. The maximum absolute atomic E-state index is 5.42. The zero-order valence-electron chi connectivity index (χ0n) is 16.6. The van der Waals surface area contributed by atoms with Crippen LogP contribution in [0.1, 0.15) is 26.7 Å². The molecule has 28 heavy (non-hydrogen) atoms. The van der Waals surface area contributed by atoms with Crippen molar-refractivity contribution in [1.29, 1.82) is 0 Å². The van der Waals surface area contributed by atoms with Crippen LogP contribution >= 0.6 is 0 Å². The van der Waals surface area contributed by atoms with Gasteiger partial charge in [-0.15, -0.1) is 0 Å². The third-order valence-electron chi connectivity index (χ3n) is 4.80. The van der Waals surface area contributed by atoms with Crippen molar-refractivity contribution in [1.82, 2.24) is 14.6 Å². The molecule has 2 N–H and O–H groups in total. The van der Waals surface area contributed by atoms with Crippen molar-refractivity contribution in [3.63, 3.8) is 0 Å². The first-order valence-electron chi connectivity index (χ1n) is 10.2. The Bertz CT molecular complexity index is 897. The number of ether oxygens (including phenoxy) is 1. The molecular weight excluding hydrogens is 352 g/mol. The Morgan fingerprint density at radius 1 is 1.04 bits per heavy atom. The highest BCUT2D eigenvalue weighted by Gasteiger charge is 2.22. The van der Waals surface area contributed by atoms with Crippen LogP contribution in [0.2, 0.25) is 0 Å². The zero-order chi connectivity index (χ0) is 19.3. The lowest BCUT2D eigenvalue weighted by Crippen LogP contribution is -2.36. The number of nitrogens with zero attached hydrogens (tertiary/aromatic N) is 4. The Kier molecular flexibility index (Phi) is 5.62. The lowest BCUT2D eigenvalue weighted by Gasteiger charge is -2.28. The minimum atomic E-state index is 0.561. The molecule has 1 aromatic carbocycles. The van der Waals surface area contributed by atoms with Crippen molar-refractivity contribution in [2.45, 2.75) is 32.7 Å². The summed E-state index contributed by atoms with van der Waals surface area (Å²) in [5, 5.41) is 11.3. The molecule has 148 valence electrons. The minimum Gasteiger partial charge on any atom is -0.378 e. The molecule has 0 unspecified atom stereocenters. The predicted octanol–water partition coefficient (Wildman–Crippen LogP) is 3.91. The maximum Gasteiger partial charge on any atom is 0.159 e. The maximum atomic E-state index is 5.42. The Labute approximate surface area is 165 Å². The van der Waals surface area contributed by atoms with Crippen LogP contribution in [-0.2, 0) is 4.74 Å². The molecule has 1 saturated heterocycles. The topological polar surface area (TPSA) is 66.7 Å². The zero-order valence-corrected chi connectivity index (χ0v) is 16.6. The first-order valence-corrected chi connectivity index (χ1v) is 10.2. The molecule has 0 bridgehead atoms. The molecular formula is C21H28N6O. The minimum absolute atomic E-state index is 0.561. The average molecular weight is 380 g/mol. The van der Waals surface area contributed by atoms with Crippen molar-refractivity contribution in [2.75, 3.05) is 41.8 Å². The number of hydrogen-bond acceptors (Lipinski definition) is 6. The van der Waals surface area contributed by atoms with E-state index in [4.69, 9.17) is 4.74 Å². The highest BCUT2D eigenvalue weighted by molar-refractivity contribution is 5.65. The van der Waals surface area contributed by atoms with Crippen LogP contribution in [0.15, 0.2) is 42.6 Å². The number of anilines is 4. The van der Waals surface area contributed by atoms with Crippen molar-refractivity contribution in [2.24, 2.45) is 0 Å². The summed E-state index contributed by atoms with van der Waals surface area (Å²) < 4.78 is 7.27. The highest BCUT2D eigenvalue weighted by Crippen LogP contribution is 2.27. The van der Waals surface area contributed by atoms with Gasteiger partial charge in [-0.1, -0.05) is 13.8 Å². The van der Waals surface area contributed by atoms with E-state index in [1.54, 1.807) is 6.20 Å². The van der Waals surface area contributed by atoms with Crippen molar-refractivity contribution in [3.8, 4) is 0 Å². The summed E-state index contributed by atoms with van der Waals surface area (Å²) in [4.78, 5) is 7.00. The number of nitrogens with one attached hydrogen (secondary N) is 2. The van der Waals surface area contributed by atoms with Crippen LogP contribution in [0, 0.1) is 0 Å². The number of benzene rings is 1. The fourth-order valence-corrected chi connectivity index (χ4v) is 3.24. The van der Waals surface area contributed by atoms with E-state index in [2.05, 4.69) is 49.9 Å². The summed E-state index contributed by atoms with van der Waals surface area (Å²) in [7, 11) is 0. The SMILES string of the molecule is CC.c1cc2nc(Nc3ccc(N4CCOCC4)cc3)cc(NC3CC3)n2n1. The van der Waals surface area contributed by atoms with Crippen molar-refractivity contribution >= 4 is 28.7 Å². The number of rotatable bonds is 5.